The summed E-state index contributed by atoms with van der Waals surface area (Å²) < 4.78 is 5.72. The second kappa shape index (κ2) is 8.66. The Morgan fingerprint density at radius 3 is 2.69 bits per heavy atom. The lowest BCUT2D eigenvalue weighted by molar-refractivity contribution is -0.123. The van der Waals surface area contributed by atoms with Crippen LogP contribution in [0.1, 0.15) is 24.0 Å². The normalized spacial score (nSPS) is 21.7. The monoisotopic (exact) mass is 393 g/mol. The van der Waals surface area contributed by atoms with Gasteiger partial charge in [0.05, 0.1) is 11.8 Å². The number of nitrogens with one attached hydrogen (secondary N) is 1. The smallest absolute Gasteiger partial charge is 0.231 e. The molecule has 3 N–H and O–H groups in total. The Balaban J connectivity index is 1.31. The maximum absolute atomic E-state index is 12.6. The molecule has 1 fully saturated rings. The number of primary amides is 1. The van der Waals surface area contributed by atoms with E-state index in [1.807, 2.05) is 48.5 Å². The Kier molecular flexibility index (Phi) is 5.81. The first-order valence-corrected chi connectivity index (χ1v) is 10.2. The number of amides is 2. The van der Waals surface area contributed by atoms with E-state index in [0.29, 0.717) is 13.0 Å². The van der Waals surface area contributed by atoms with Crippen LogP contribution in [0.25, 0.3) is 0 Å². The molecule has 29 heavy (non-hydrogen) atoms. The molecule has 2 aromatic carbocycles. The van der Waals surface area contributed by atoms with Crippen molar-refractivity contribution in [3.05, 3.63) is 59.7 Å². The number of carbonyl (C=O) groups is 2. The summed E-state index contributed by atoms with van der Waals surface area (Å²) in [5.74, 6) is 0.403. The van der Waals surface area contributed by atoms with Crippen LogP contribution in [0.15, 0.2) is 48.5 Å². The fourth-order valence-electron chi connectivity index (χ4n) is 4.12. The number of likely N-dealkylation sites (tertiary alicyclic amines) is 1. The zero-order valence-electron chi connectivity index (χ0n) is 16.5. The molecule has 0 saturated carbocycles. The molecule has 2 aliphatic heterocycles. The fraction of sp³-hybridized carbons (Fsp3) is 0.391. The lowest BCUT2D eigenvalue weighted by Crippen LogP contribution is -2.40. The summed E-state index contributed by atoms with van der Waals surface area (Å²) in [5, 5.41) is 3.00. The molecule has 6 heteroatoms. The molecule has 0 bridgehead atoms. The van der Waals surface area contributed by atoms with Crippen molar-refractivity contribution in [3.8, 4) is 5.75 Å². The predicted octanol–water partition coefficient (Wildman–Crippen LogP) is 2.57. The van der Waals surface area contributed by atoms with Crippen LogP contribution in [0.2, 0.25) is 0 Å². The molecule has 2 heterocycles. The van der Waals surface area contributed by atoms with Crippen molar-refractivity contribution in [1.29, 1.82) is 0 Å². The number of benzene rings is 2. The van der Waals surface area contributed by atoms with Crippen molar-refractivity contribution >= 4 is 17.5 Å². The maximum atomic E-state index is 12.6. The number of piperidine rings is 1. The third kappa shape index (κ3) is 4.77. The molecule has 0 aromatic heterocycles. The Labute approximate surface area is 171 Å². The lowest BCUT2D eigenvalue weighted by Gasteiger charge is -2.31. The molecule has 152 valence electrons. The van der Waals surface area contributed by atoms with E-state index in [1.165, 1.54) is 0 Å². The van der Waals surface area contributed by atoms with E-state index in [0.717, 1.165) is 55.0 Å². The number of ether oxygens (including phenoxy) is 1. The van der Waals surface area contributed by atoms with Crippen LogP contribution in [0.4, 0.5) is 5.69 Å². The molecular weight excluding hydrogens is 366 g/mol. The molecule has 4 rings (SSSR count). The third-order valence-corrected chi connectivity index (χ3v) is 5.79. The van der Waals surface area contributed by atoms with E-state index in [4.69, 9.17) is 10.5 Å². The maximum Gasteiger partial charge on any atom is 0.231 e. The van der Waals surface area contributed by atoms with E-state index in [2.05, 4.69) is 10.2 Å². The van der Waals surface area contributed by atoms with Crippen molar-refractivity contribution in [2.75, 3.05) is 25.0 Å². The molecule has 6 nitrogen and oxygen atoms in total. The van der Waals surface area contributed by atoms with Gasteiger partial charge in [-0.25, -0.2) is 0 Å². The molecule has 1 saturated heterocycles. The first kappa shape index (κ1) is 19.5. The number of para-hydroxylation sites is 1. The summed E-state index contributed by atoms with van der Waals surface area (Å²) in [6.07, 6.45) is 2.57. The lowest BCUT2D eigenvalue weighted by atomic mass is 9.96. The van der Waals surface area contributed by atoms with Crippen molar-refractivity contribution in [1.82, 2.24) is 4.90 Å². The van der Waals surface area contributed by atoms with Crippen molar-refractivity contribution in [3.63, 3.8) is 0 Å². The number of fused-ring (bicyclic) bond motifs is 1. The molecule has 0 spiro atoms. The average Bonchev–Trinajstić information content (AvgIpc) is 2.75. The summed E-state index contributed by atoms with van der Waals surface area (Å²) in [4.78, 5) is 26.3. The number of anilines is 1. The Morgan fingerprint density at radius 1 is 1.10 bits per heavy atom. The first-order valence-electron chi connectivity index (χ1n) is 10.2. The molecule has 2 aromatic rings. The zero-order chi connectivity index (χ0) is 20.2. The molecular formula is C23H27N3O3. The van der Waals surface area contributed by atoms with E-state index in [1.54, 1.807) is 0 Å². The summed E-state index contributed by atoms with van der Waals surface area (Å²) in [7, 11) is 0. The van der Waals surface area contributed by atoms with Gasteiger partial charge in [-0.1, -0.05) is 30.3 Å². The standard InChI is InChI=1S/C23H27N3O3/c24-22(27)18-5-3-11-26(14-18)13-16-7-9-20(10-8-16)25-23(28)19-12-17-4-1-2-6-21(17)29-15-19/h1-2,4,6-10,18-19H,3,5,11-15H2,(H2,24,27)(H,25,28). The van der Waals surface area contributed by atoms with Crippen LogP contribution >= 0.6 is 0 Å². The van der Waals surface area contributed by atoms with Crippen LogP contribution in [0.5, 0.6) is 5.75 Å². The number of rotatable bonds is 5. The number of carbonyl (C=O) groups excluding carboxylic acids is 2. The average molecular weight is 393 g/mol. The molecule has 2 atom stereocenters. The molecule has 0 radical (unpaired) electrons. The number of hydrogen-bond acceptors (Lipinski definition) is 4. The summed E-state index contributed by atoms with van der Waals surface area (Å²) in [6, 6.07) is 15.8. The summed E-state index contributed by atoms with van der Waals surface area (Å²) >= 11 is 0. The zero-order valence-corrected chi connectivity index (χ0v) is 16.5. The van der Waals surface area contributed by atoms with Gasteiger partial charge >= 0.3 is 0 Å². The van der Waals surface area contributed by atoms with E-state index < -0.39 is 0 Å². The summed E-state index contributed by atoms with van der Waals surface area (Å²) in [5.41, 5.74) is 8.48. The van der Waals surface area contributed by atoms with Gasteiger partial charge in [0.15, 0.2) is 0 Å². The minimum absolute atomic E-state index is 0.0208. The predicted molar refractivity (Wildman–Crippen MR) is 111 cm³/mol. The van der Waals surface area contributed by atoms with Crippen molar-refractivity contribution in [2.45, 2.75) is 25.8 Å². The Hall–Kier alpha value is -2.86. The highest BCUT2D eigenvalue weighted by Crippen LogP contribution is 2.27. The van der Waals surface area contributed by atoms with Crippen molar-refractivity contribution in [2.24, 2.45) is 17.6 Å². The largest absolute Gasteiger partial charge is 0.492 e. The minimum atomic E-state index is -0.206. The number of nitrogens with zero attached hydrogens (tertiary/aromatic N) is 1. The van der Waals surface area contributed by atoms with Gasteiger partial charge in [0.25, 0.3) is 0 Å². The molecule has 2 aliphatic rings. The minimum Gasteiger partial charge on any atom is -0.492 e. The Bertz CT molecular complexity index is 881. The van der Waals surface area contributed by atoms with Gasteiger partial charge in [0, 0.05) is 18.8 Å². The van der Waals surface area contributed by atoms with Crippen LogP contribution in [0.3, 0.4) is 0 Å². The highest BCUT2D eigenvalue weighted by atomic mass is 16.5. The highest BCUT2D eigenvalue weighted by Gasteiger charge is 2.26. The van der Waals surface area contributed by atoms with E-state index in [9.17, 15) is 9.59 Å². The quantitative estimate of drug-likeness (QED) is 0.818. The van der Waals surface area contributed by atoms with E-state index in [-0.39, 0.29) is 23.7 Å². The van der Waals surface area contributed by atoms with Gasteiger partial charge in [-0.15, -0.1) is 0 Å². The van der Waals surface area contributed by atoms with E-state index >= 15 is 0 Å². The molecule has 0 aliphatic carbocycles. The van der Waals surface area contributed by atoms with Gasteiger partial charge in [-0.3, -0.25) is 14.5 Å². The van der Waals surface area contributed by atoms with Gasteiger partial charge in [0.2, 0.25) is 11.8 Å². The van der Waals surface area contributed by atoms with Crippen LogP contribution in [-0.4, -0.2) is 36.4 Å². The number of nitrogens with two attached hydrogens (primary N) is 1. The van der Waals surface area contributed by atoms with Crippen LogP contribution in [0, 0.1) is 11.8 Å². The second-order valence-corrected chi connectivity index (χ2v) is 7.98. The van der Waals surface area contributed by atoms with Gasteiger partial charge in [-0.2, -0.15) is 0 Å². The second-order valence-electron chi connectivity index (χ2n) is 7.98. The highest BCUT2D eigenvalue weighted by molar-refractivity contribution is 5.93. The SMILES string of the molecule is NC(=O)C1CCCN(Cc2ccc(NC(=O)C3COc4ccccc4C3)cc2)C1. The van der Waals surface area contributed by atoms with Crippen molar-refractivity contribution < 1.29 is 14.3 Å². The topological polar surface area (TPSA) is 84.7 Å². The van der Waals surface area contributed by atoms with Gasteiger partial charge in [-0.05, 0) is 55.1 Å². The van der Waals surface area contributed by atoms with Gasteiger partial charge < -0.3 is 15.8 Å². The summed E-state index contributed by atoms with van der Waals surface area (Å²) in [6.45, 7) is 2.88. The number of hydrogen-bond donors (Lipinski definition) is 2. The fourth-order valence-corrected chi connectivity index (χ4v) is 4.12. The Morgan fingerprint density at radius 2 is 1.90 bits per heavy atom. The van der Waals surface area contributed by atoms with Crippen LogP contribution in [-0.2, 0) is 22.6 Å². The first-order chi connectivity index (χ1) is 14.1. The van der Waals surface area contributed by atoms with Gasteiger partial charge in [0.1, 0.15) is 12.4 Å². The van der Waals surface area contributed by atoms with Crippen LogP contribution < -0.4 is 15.8 Å². The molecule has 2 unspecified atom stereocenters. The third-order valence-electron chi connectivity index (χ3n) is 5.79. The molecule has 2 amide bonds.